The Balaban J connectivity index is 2.21. The molecule has 1 aromatic rings. The quantitative estimate of drug-likeness (QED) is 0.713. The molecule has 2 unspecified atom stereocenters. The first-order chi connectivity index (χ1) is 6.25. The Kier molecular flexibility index (Phi) is 2.69. The van der Waals surface area contributed by atoms with Gasteiger partial charge in [-0.2, -0.15) is 0 Å². The van der Waals surface area contributed by atoms with Gasteiger partial charge in [-0.15, -0.1) is 11.8 Å². The number of hydrogen-bond acceptors (Lipinski definition) is 4. The second kappa shape index (κ2) is 3.80. The molecule has 0 fully saturated rings. The Morgan fingerprint density at radius 1 is 1.54 bits per heavy atom. The topological polar surface area (TPSA) is 25.5 Å². The van der Waals surface area contributed by atoms with Gasteiger partial charge in [0, 0.05) is 0 Å². The number of furan rings is 1. The lowest BCUT2D eigenvalue weighted by atomic mass is 10.4. The van der Waals surface area contributed by atoms with Crippen LogP contribution in [-0.4, -0.2) is 9.63 Å². The van der Waals surface area contributed by atoms with Crippen LogP contribution in [0, 0.1) is 0 Å². The Morgan fingerprint density at radius 2 is 2.38 bits per heavy atom. The van der Waals surface area contributed by atoms with Crippen LogP contribution in [0.5, 0.6) is 0 Å². The second-order valence-corrected chi connectivity index (χ2v) is 6.10. The molecule has 13 heavy (non-hydrogen) atoms. The van der Waals surface area contributed by atoms with Gasteiger partial charge >= 0.3 is 0 Å². The lowest BCUT2D eigenvalue weighted by molar-refractivity contribution is 0.509. The normalized spacial score (nSPS) is 28.6. The molecule has 0 aliphatic carbocycles. The third-order valence-electron chi connectivity index (χ3n) is 1.74. The molecule has 0 N–H and O–H groups in total. The third-order valence-corrected chi connectivity index (χ3v) is 4.12. The molecule has 2 atom stereocenters. The largest absolute Gasteiger partial charge is 0.466 e. The molecule has 70 valence electrons. The van der Waals surface area contributed by atoms with Crippen molar-refractivity contribution in [3.8, 4) is 0 Å². The number of nitrogens with zero attached hydrogens (tertiary/aromatic N) is 1. The van der Waals surface area contributed by atoms with Crippen LogP contribution in [0.2, 0.25) is 0 Å². The smallest absolute Gasteiger partial charge is 0.155 e. The van der Waals surface area contributed by atoms with E-state index in [2.05, 4.69) is 18.8 Å². The molecule has 2 nitrogen and oxygen atoms in total. The van der Waals surface area contributed by atoms with E-state index in [0.29, 0.717) is 4.58 Å². The molecular formula is C9H11NOS2. The molecule has 2 heterocycles. The Labute approximate surface area is 86.2 Å². The van der Waals surface area contributed by atoms with Crippen molar-refractivity contribution in [1.29, 1.82) is 0 Å². The van der Waals surface area contributed by atoms with E-state index in [0.717, 1.165) is 10.8 Å². The minimum absolute atomic E-state index is 0.159. The van der Waals surface area contributed by atoms with Gasteiger partial charge in [0.2, 0.25) is 0 Å². The summed E-state index contributed by atoms with van der Waals surface area (Å²) in [5.74, 6) is 0.955. The summed E-state index contributed by atoms with van der Waals surface area (Å²) < 4.78 is 5.90. The standard InChI is InChI=1S/C9H11NOS2/c1-6-10-9(13-7(2)12-6)8-4-3-5-11-8/h3-5,7,9H,1-2H3. The molecule has 0 spiro atoms. The predicted octanol–water partition coefficient (Wildman–Crippen LogP) is 3.52. The number of aliphatic imine (C=N–C) groups is 1. The van der Waals surface area contributed by atoms with Crippen molar-refractivity contribution in [3.63, 3.8) is 0 Å². The molecule has 0 aromatic carbocycles. The van der Waals surface area contributed by atoms with Crippen molar-refractivity contribution in [2.75, 3.05) is 0 Å². The van der Waals surface area contributed by atoms with Crippen LogP contribution in [0.4, 0.5) is 0 Å². The van der Waals surface area contributed by atoms with Crippen molar-refractivity contribution in [2.45, 2.75) is 23.8 Å². The first-order valence-electron chi connectivity index (χ1n) is 4.15. The molecule has 1 aliphatic heterocycles. The monoisotopic (exact) mass is 213 g/mol. The minimum atomic E-state index is 0.159. The summed E-state index contributed by atoms with van der Waals surface area (Å²) >= 11 is 3.64. The number of hydrogen-bond donors (Lipinski definition) is 0. The zero-order valence-electron chi connectivity index (χ0n) is 7.56. The Hall–Kier alpha value is -0.350. The molecule has 4 heteroatoms. The zero-order chi connectivity index (χ0) is 9.26. The second-order valence-electron chi connectivity index (χ2n) is 2.84. The van der Waals surface area contributed by atoms with E-state index in [-0.39, 0.29) is 5.37 Å². The summed E-state index contributed by atoms with van der Waals surface area (Å²) in [4.78, 5) is 4.52. The fourth-order valence-corrected chi connectivity index (χ4v) is 3.76. The van der Waals surface area contributed by atoms with Crippen molar-refractivity contribution < 1.29 is 4.42 Å². The fraction of sp³-hybridized carbons (Fsp3) is 0.444. The van der Waals surface area contributed by atoms with E-state index < -0.39 is 0 Å². The van der Waals surface area contributed by atoms with Gasteiger partial charge in [-0.1, -0.05) is 11.8 Å². The summed E-state index contributed by atoms with van der Waals surface area (Å²) in [6.45, 7) is 4.25. The maximum atomic E-state index is 5.33. The average molecular weight is 213 g/mol. The first kappa shape index (κ1) is 9.21. The van der Waals surface area contributed by atoms with Gasteiger partial charge in [0.1, 0.15) is 5.76 Å². The highest BCUT2D eigenvalue weighted by atomic mass is 32.2. The summed E-state index contributed by atoms with van der Waals surface area (Å²) in [5, 5.41) is 1.30. The summed E-state index contributed by atoms with van der Waals surface area (Å²) in [6, 6.07) is 3.89. The van der Waals surface area contributed by atoms with Crippen molar-refractivity contribution in [1.82, 2.24) is 0 Å². The molecule has 1 aromatic heterocycles. The zero-order valence-corrected chi connectivity index (χ0v) is 9.19. The van der Waals surface area contributed by atoms with Crippen LogP contribution in [0.3, 0.4) is 0 Å². The van der Waals surface area contributed by atoms with Crippen molar-refractivity contribution in [3.05, 3.63) is 24.2 Å². The molecule has 1 aliphatic rings. The van der Waals surface area contributed by atoms with Crippen molar-refractivity contribution in [2.24, 2.45) is 4.99 Å². The van der Waals surface area contributed by atoms with Crippen molar-refractivity contribution >= 4 is 28.6 Å². The molecular weight excluding hydrogens is 202 g/mol. The molecule has 0 saturated carbocycles. The number of thioether (sulfide) groups is 2. The minimum Gasteiger partial charge on any atom is -0.466 e. The highest BCUT2D eigenvalue weighted by Crippen LogP contribution is 2.42. The maximum absolute atomic E-state index is 5.33. The van der Waals surface area contributed by atoms with E-state index in [1.54, 1.807) is 6.26 Å². The Bertz CT molecular complexity index is 307. The van der Waals surface area contributed by atoms with Gasteiger partial charge in [0.25, 0.3) is 0 Å². The highest BCUT2D eigenvalue weighted by Gasteiger charge is 2.22. The molecule has 0 bridgehead atoms. The van der Waals surface area contributed by atoms with Crippen LogP contribution in [0.25, 0.3) is 0 Å². The van der Waals surface area contributed by atoms with Gasteiger partial charge in [0.15, 0.2) is 5.37 Å². The van der Waals surface area contributed by atoms with E-state index in [9.17, 15) is 0 Å². The molecule has 0 amide bonds. The maximum Gasteiger partial charge on any atom is 0.155 e. The molecule has 0 saturated heterocycles. The average Bonchev–Trinajstić information content (AvgIpc) is 2.53. The van der Waals surface area contributed by atoms with Crippen LogP contribution >= 0.6 is 23.5 Å². The van der Waals surface area contributed by atoms with E-state index in [1.165, 1.54) is 0 Å². The summed E-state index contributed by atoms with van der Waals surface area (Å²) in [6.07, 6.45) is 1.70. The fourth-order valence-electron chi connectivity index (χ4n) is 1.24. The van der Waals surface area contributed by atoms with Gasteiger partial charge in [-0.05, 0) is 26.0 Å². The first-order valence-corrected chi connectivity index (χ1v) is 5.98. The SMILES string of the molecule is CC1=NC(c2ccco2)SC(C)S1. The van der Waals surface area contributed by atoms with Crippen LogP contribution in [0.1, 0.15) is 25.0 Å². The molecule has 0 radical (unpaired) electrons. The van der Waals surface area contributed by atoms with E-state index in [4.69, 9.17) is 4.42 Å². The summed E-state index contributed by atoms with van der Waals surface area (Å²) in [5.41, 5.74) is 0. The molecule has 2 rings (SSSR count). The van der Waals surface area contributed by atoms with Gasteiger partial charge in [-0.3, -0.25) is 4.99 Å². The third kappa shape index (κ3) is 2.11. The Morgan fingerprint density at radius 3 is 3.00 bits per heavy atom. The van der Waals surface area contributed by atoms with E-state index >= 15 is 0 Å². The van der Waals surface area contributed by atoms with Crippen LogP contribution in [-0.2, 0) is 0 Å². The van der Waals surface area contributed by atoms with E-state index in [1.807, 2.05) is 35.7 Å². The number of rotatable bonds is 1. The van der Waals surface area contributed by atoms with Gasteiger partial charge in [-0.25, -0.2) is 0 Å². The van der Waals surface area contributed by atoms with Gasteiger partial charge < -0.3 is 4.42 Å². The van der Waals surface area contributed by atoms with Crippen LogP contribution < -0.4 is 0 Å². The summed E-state index contributed by atoms with van der Waals surface area (Å²) in [7, 11) is 0. The predicted molar refractivity (Wildman–Crippen MR) is 59.2 cm³/mol. The van der Waals surface area contributed by atoms with Gasteiger partial charge in [0.05, 0.1) is 15.9 Å². The highest BCUT2D eigenvalue weighted by molar-refractivity contribution is 8.25. The lowest BCUT2D eigenvalue weighted by Crippen LogP contribution is -2.06. The lowest BCUT2D eigenvalue weighted by Gasteiger charge is -2.21. The van der Waals surface area contributed by atoms with Crippen LogP contribution in [0.15, 0.2) is 27.8 Å².